The normalized spacial score (nSPS) is 17.5. The molecule has 0 saturated carbocycles. The van der Waals surface area contributed by atoms with E-state index in [1.165, 1.54) is 0 Å². The number of piperazine rings is 1. The first-order chi connectivity index (χ1) is 8.96. The van der Waals surface area contributed by atoms with E-state index < -0.39 is 5.60 Å². The Hall–Kier alpha value is -1.39. The summed E-state index contributed by atoms with van der Waals surface area (Å²) in [6.45, 7) is 7.33. The Balaban J connectivity index is 1.88. The fourth-order valence-corrected chi connectivity index (χ4v) is 2.37. The second kappa shape index (κ2) is 5.72. The molecule has 2 rings (SSSR count). The van der Waals surface area contributed by atoms with E-state index in [0.29, 0.717) is 19.6 Å². The maximum Gasteiger partial charge on any atom is 0.253 e. The van der Waals surface area contributed by atoms with E-state index >= 15 is 0 Å². The predicted octanol–water partition coefficient (Wildman–Crippen LogP) is 1.02. The van der Waals surface area contributed by atoms with Crippen molar-refractivity contribution in [3.63, 3.8) is 0 Å². The molecule has 1 saturated heterocycles. The molecule has 0 unspecified atom stereocenters. The second-order valence-electron chi connectivity index (χ2n) is 5.67. The fourth-order valence-electron chi connectivity index (χ4n) is 2.37. The Labute approximate surface area is 114 Å². The quantitative estimate of drug-likeness (QED) is 0.883. The molecule has 0 bridgehead atoms. The van der Waals surface area contributed by atoms with Crippen molar-refractivity contribution >= 4 is 5.91 Å². The number of hydrogen-bond acceptors (Lipinski definition) is 3. The maximum atomic E-state index is 12.2. The largest absolute Gasteiger partial charge is 0.389 e. The van der Waals surface area contributed by atoms with Gasteiger partial charge in [0, 0.05) is 38.3 Å². The van der Waals surface area contributed by atoms with E-state index in [0.717, 1.165) is 18.7 Å². The number of nitrogens with zero attached hydrogens (tertiary/aromatic N) is 2. The van der Waals surface area contributed by atoms with Crippen LogP contribution in [0.3, 0.4) is 0 Å². The molecule has 1 fully saturated rings. The molecule has 19 heavy (non-hydrogen) atoms. The van der Waals surface area contributed by atoms with Crippen LogP contribution in [0.15, 0.2) is 24.3 Å². The van der Waals surface area contributed by atoms with E-state index in [2.05, 4.69) is 11.0 Å². The SMILES string of the molecule is CC(C)(O)CN1CCN(C(=O)c2cc[c]cc2)CC1. The van der Waals surface area contributed by atoms with Crippen LogP contribution in [-0.2, 0) is 0 Å². The monoisotopic (exact) mass is 261 g/mol. The molecular formula is C15H21N2O2. The van der Waals surface area contributed by atoms with Crippen LogP contribution in [0.25, 0.3) is 0 Å². The van der Waals surface area contributed by atoms with Crippen molar-refractivity contribution in [1.29, 1.82) is 0 Å². The molecule has 1 amide bonds. The average molecular weight is 261 g/mol. The van der Waals surface area contributed by atoms with Gasteiger partial charge in [-0.3, -0.25) is 9.69 Å². The molecule has 103 valence electrons. The Bertz CT molecular complexity index is 418. The molecular weight excluding hydrogens is 240 g/mol. The van der Waals surface area contributed by atoms with E-state index in [9.17, 15) is 9.90 Å². The molecule has 0 aromatic heterocycles. The minimum atomic E-state index is -0.679. The third-order valence-corrected chi connectivity index (χ3v) is 3.24. The Morgan fingerprint density at radius 2 is 1.84 bits per heavy atom. The van der Waals surface area contributed by atoms with Crippen molar-refractivity contribution < 1.29 is 9.90 Å². The lowest BCUT2D eigenvalue weighted by Crippen LogP contribution is -2.51. The van der Waals surface area contributed by atoms with Gasteiger partial charge >= 0.3 is 0 Å². The standard InChI is InChI=1S/C15H21N2O2/c1-15(2,19)12-16-8-10-17(11-9-16)14(18)13-6-4-3-5-7-13/h4-7,19H,8-12H2,1-2H3. The minimum Gasteiger partial charge on any atom is -0.389 e. The first-order valence-corrected chi connectivity index (χ1v) is 6.66. The van der Waals surface area contributed by atoms with Crippen LogP contribution in [0.4, 0.5) is 0 Å². The van der Waals surface area contributed by atoms with Gasteiger partial charge in [0.2, 0.25) is 0 Å². The molecule has 4 heteroatoms. The number of β-amino-alcohol motifs (C(OH)–C–C–N with tert-alkyl or cyclic N) is 1. The molecule has 1 aromatic carbocycles. The van der Waals surface area contributed by atoms with Gasteiger partial charge < -0.3 is 10.0 Å². The van der Waals surface area contributed by atoms with Crippen LogP contribution in [-0.4, -0.2) is 59.1 Å². The summed E-state index contributed by atoms with van der Waals surface area (Å²) in [5, 5.41) is 9.80. The number of carbonyl (C=O) groups is 1. The van der Waals surface area contributed by atoms with Gasteiger partial charge in [-0.15, -0.1) is 0 Å². The molecule has 0 aliphatic carbocycles. The highest BCUT2D eigenvalue weighted by Crippen LogP contribution is 2.11. The molecule has 1 aliphatic rings. The minimum absolute atomic E-state index is 0.0805. The Kier molecular flexibility index (Phi) is 4.22. The van der Waals surface area contributed by atoms with Crippen molar-refractivity contribution in [1.82, 2.24) is 9.80 Å². The summed E-state index contributed by atoms with van der Waals surface area (Å²) < 4.78 is 0. The summed E-state index contributed by atoms with van der Waals surface area (Å²) in [6, 6.07) is 10.0. The first-order valence-electron chi connectivity index (χ1n) is 6.66. The molecule has 1 aromatic rings. The second-order valence-corrected chi connectivity index (χ2v) is 5.67. The van der Waals surface area contributed by atoms with Crippen molar-refractivity contribution in [3.8, 4) is 0 Å². The first kappa shape index (κ1) is 14.0. The number of benzene rings is 1. The molecule has 1 radical (unpaired) electrons. The van der Waals surface area contributed by atoms with E-state index in [-0.39, 0.29) is 5.91 Å². The van der Waals surface area contributed by atoms with Gasteiger partial charge in [0.25, 0.3) is 5.91 Å². The molecule has 1 heterocycles. The summed E-state index contributed by atoms with van der Waals surface area (Å²) in [4.78, 5) is 16.3. The van der Waals surface area contributed by atoms with Crippen LogP contribution in [0.1, 0.15) is 24.2 Å². The summed E-state index contributed by atoms with van der Waals surface area (Å²) in [6.07, 6.45) is 0. The van der Waals surface area contributed by atoms with Crippen LogP contribution >= 0.6 is 0 Å². The smallest absolute Gasteiger partial charge is 0.253 e. The van der Waals surface area contributed by atoms with Crippen molar-refractivity contribution in [2.24, 2.45) is 0 Å². The maximum absolute atomic E-state index is 12.2. The lowest BCUT2D eigenvalue weighted by Gasteiger charge is -2.37. The fraction of sp³-hybridized carbons (Fsp3) is 0.533. The molecule has 4 nitrogen and oxygen atoms in total. The van der Waals surface area contributed by atoms with Crippen LogP contribution < -0.4 is 0 Å². The highest BCUT2D eigenvalue weighted by molar-refractivity contribution is 5.94. The third-order valence-electron chi connectivity index (χ3n) is 3.24. The van der Waals surface area contributed by atoms with Gasteiger partial charge in [0.15, 0.2) is 0 Å². The summed E-state index contributed by atoms with van der Waals surface area (Å²) >= 11 is 0. The highest BCUT2D eigenvalue weighted by Gasteiger charge is 2.25. The van der Waals surface area contributed by atoms with Crippen molar-refractivity contribution in [2.45, 2.75) is 19.4 Å². The van der Waals surface area contributed by atoms with E-state index in [4.69, 9.17) is 0 Å². The number of carbonyl (C=O) groups excluding carboxylic acids is 1. The zero-order valence-corrected chi connectivity index (χ0v) is 11.6. The van der Waals surface area contributed by atoms with Crippen LogP contribution in [0, 0.1) is 6.07 Å². The average Bonchev–Trinajstić information content (AvgIpc) is 2.38. The Morgan fingerprint density at radius 3 is 2.37 bits per heavy atom. The predicted molar refractivity (Wildman–Crippen MR) is 73.9 cm³/mol. The zero-order valence-electron chi connectivity index (χ0n) is 11.6. The number of aliphatic hydroxyl groups is 1. The van der Waals surface area contributed by atoms with Crippen LogP contribution in [0.2, 0.25) is 0 Å². The number of amides is 1. The highest BCUT2D eigenvalue weighted by atomic mass is 16.3. The molecule has 1 N–H and O–H groups in total. The summed E-state index contributed by atoms with van der Waals surface area (Å²) in [5.74, 6) is 0.0805. The molecule has 1 aliphatic heterocycles. The number of rotatable bonds is 3. The van der Waals surface area contributed by atoms with E-state index in [1.807, 2.05) is 18.7 Å². The van der Waals surface area contributed by atoms with Gasteiger partial charge in [-0.25, -0.2) is 0 Å². The van der Waals surface area contributed by atoms with Gasteiger partial charge in [0.1, 0.15) is 0 Å². The lowest BCUT2D eigenvalue weighted by molar-refractivity contribution is 0.0178. The molecule has 0 spiro atoms. The Morgan fingerprint density at radius 1 is 1.26 bits per heavy atom. The van der Waals surface area contributed by atoms with Gasteiger partial charge in [-0.05, 0) is 32.0 Å². The van der Waals surface area contributed by atoms with Gasteiger partial charge in [0.05, 0.1) is 5.60 Å². The van der Waals surface area contributed by atoms with Crippen LogP contribution in [0.5, 0.6) is 0 Å². The zero-order chi connectivity index (χ0) is 13.9. The summed E-state index contributed by atoms with van der Waals surface area (Å²) in [7, 11) is 0. The van der Waals surface area contributed by atoms with E-state index in [1.54, 1.807) is 24.3 Å². The van der Waals surface area contributed by atoms with Crippen molar-refractivity contribution in [3.05, 3.63) is 35.9 Å². The summed E-state index contributed by atoms with van der Waals surface area (Å²) in [5.41, 5.74) is 0.0382. The lowest BCUT2D eigenvalue weighted by atomic mass is 10.1. The number of hydrogen-bond donors (Lipinski definition) is 1. The molecule has 0 atom stereocenters. The third kappa shape index (κ3) is 4.04. The van der Waals surface area contributed by atoms with Gasteiger partial charge in [-0.2, -0.15) is 0 Å². The van der Waals surface area contributed by atoms with Gasteiger partial charge in [-0.1, -0.05) is 12.1 Å². The topological polar surface area (TPSA) is 43.8 Å². The van der Waals surface area contributed by atoms with Crippen molar-refractivity contribution in [2.75, 3.05) is 32.7 Å².